The molecule has 136 valence electrons. The molecule has 3 rings (SSSR count). The van der Waals surface area contributed by atoms with Crippen molar-refractivity contribution in [2.75, 3.05) is 19.0 Å². The largest absolute Gasteiger partial charge is 0.494 e. The van der Waals surface area contributed by atoms with E-state index >= 15 is 0 Å². The Labute approximate surface area is 154 Å². The summed E-state index contributed by atoms with van der Waals surface area (Å²) < 4.78 is 5.43. The van der Waals surface area contributed by atoms with Crippen molar-refractivity contribution < 1.29 is 14.3 Å². The van der Waals surface area contributed by atoms with Gasteiger partial charge < -0.3 is 15.0 Å². The second-order valence-corrected chi connectivity index (χ2v) is 6.58. The Bertz CT molecular complexity index is 765. The SMILES string of the molecule is CCOc1ccc(CN(C)C(=O)c2ccc(NC(=O)C3CC3)cc2)cc1. The van der Waals surface area contributed by atoms with E-state index in [1.165, 1.54) is 0 Å². The van der Waals surface area contributed by atoms with Crippen molar-refractivity contribution in [2.24, 2.45) is 5.92 Å². The molecule has 1 aliphatic rings. The summed E-state index contributed by atoms with van der Waals surface area (Å²) in [5.41, 5.74) is 2.37. The Hall–Kier alpha value is -2.82. The molecule has 1 N–H and O–H groups in total. The zero-order chi connectivity index (χ0) is 18.5. The maximum Gasteiger partial charge on any atom is 0.253 e. The number of amides is 2. The highest BCUT2D eigenvalue weighted by atomic mass is 16.5. The highest BCUT2D eigenvalue weighted by Crippen LogP contribution is 2.30. The molecule has 0 radical (unpaired) electrons. The number of nitrogens with one attached hydrogen (secondary N) is 1. The summed E-state index contributed by atoms with van der Waals surface area (Å²) in [5.74, 6) is 1.00. The van der Waals surface area contributed by atoms with Crippen molar-refractivity contribution in [3.63, 3.8) is 0 Å². The van der Waals surface area contributed by atoms with Crippen LogP contribution < -0.4 is 10.1 Å². The number of nitrogens with zero attached hydrogens (tertiary/aromatic N) is 1. The highest BCUT2D eigenvalue weighted by molar-refractivity contribution is 5.96. The van der Waals surface area contributed by atoms with E-state index in [0.717, 1.165) is 29.8 Å². The fourth-order valence-corrected chi connectivity index (χ4v) is 2.71. The summed E-state index contributed by atoms with van der Waals surface area (Å²) >= 11 is 0. The van der Waals surface area contributed by atoms with E-state index in [1.807, 2.05) is 31.2 Å². The van der Waals surface area contributed by atoms with Gasteiger partial charge in [0.25, 0.3) is 5.91 Å². The Morgan fingerprint density at radius 2 is 1.73 bits per heavy atom. The normalized spacial score (nSPS) is 13.2. The van der Waals surface area contributed by atoms with Crippen molar-refractivity contribution >= 4 is 17.5 Å². The number of anilines is 1. The van der Waals surface area contributed by atoms with Gasteiger partial charge in [-0.2, -0.15) is 0 Å². The smallest absolute Gasteiger partial charge is 0.253 e. The van der Waals surface area contributed by atoms with Gasteiger partial charge in [-0.25, -0.2) is 0 Å². The second kappa shape index (κ2) is 8.04. The molecule has 0 spiro atoms. The van der Waals surface area contributed by atoms with Crippen molar-refractivity contribution in [1.29, 1.82) is 0 Å². The average Bonchev–Trinajstić information content (AvgIpc) is 3.49. The fourth-order valence-electron chi connectivity index (χ4n) is 2.71. The van der Waals surface area contributed by atoms with Crippen LogP contribution in [-0.2, 0) is 11.3 Å². The van der Waals surface area contributed by atoms with Gasteiger partial charge in [-0.1, -0.05) is 12.1 Å². The Morgan fingerprint density at radius 3 is 2.31 bits per heavy atom. The maximum absolute atomic E-state index is 12.6. The van der Waals surface area contributed by atoms with Gasteiger partial charge in [0.2, 0.25) is 5.91 Å². The molecular weight excluding hydrogens is 328 g/mol. The summed E-state index contributed by atoms with van der Waals surface area (Å²) in [6, 6.07) is 14.8. The first-order valence-electron chi connectivity index (χ1n) is 8.95. The molecule has 2 aromatic carbocycles. The molecule has 2 amide bonds. The molecule has 1 saturated carbocycles. The van der Waals surface area contributed by atoms with Crippen LogP contribution in [0.1, 0.15) is 35.7 Å². The number of hydrogen-bond donors (Lipinski definition) is 1. The molecule has 0 atom stereocenters. The topological polar surface area (TPSA) is 58.6 Å². The van der Waals surface area contributed by atoms with Gasteiger partial charge in [0, 0.05) is 30.8 Å². The van der Waals surface area contributed by atoms with Crippen LogP contribution in [0, 0.1) is 5.92 Å². The summed E-state index contributed by atoms with van der Waals surface area (Å²) in [4.78, 5) is 26.0. The molecule has 26 heavy (non-hydrogen) atoms. The van der Waals surface area contributed by atoms with Crippen LogP contribution in [0.4, 0.5) is 5.69 Å². The lowest BCUT2D eigenvalue weighted by Gasteiger charge is -2.18. The quantitative estimate of drug-likeness (QED) is 0.826. The zero-order valence-corrected chi connectivity index (χ0v) is 15.2. The van der Waals surface area contributed by atoms with Crippen molar-refractivity contribution in [3.8, 4) is 5.75 Å². The van der Waals surface area contributed by atoms with Gasteiger partial charge in [0.05, 0.1) is 6.61 Å². The van der Waals surface area contributed by atoms with E-state index in [-0.39, 0.29) is 17.7 Å². The van der Waals surface area contributed by atoms with E-state index in [0.29, 0.717) is 18.7 Å². The van der Waals surface area contributed by atoms with E-state index in [9.17, 15) is 9.59 Å². The average molecular weight is 352 g/mol. The number of hydrogen-bond acceptors (Lipinski definition) is 3. The molecule has 0 bridgehead atoms. The fraction of sp³-hybridized carbons (Fsp3) is 0.333. The first-order valence-corrected chi connectivity index (χ1v) is 8.95. The number of carbonyl (C=O) groups is 2. The molecule has 0 aliphatic heterocycles. The molecular formula is C21H24N2O3. The van der Waals surface area contributed by atoms with Gasteiger partial charge in [0.1, 0.15) is 5.75 Å². The van der Waals surface area contributed by atoms with Crippen LogP contribution in [0.3, 0.4) is 0 Å². The molecule has 0 unspecified atom stereocenters. The van der Waals surface area contributed by atoms with Crippen LogP contribution >= 0.6 is 0 Å². The summed E-state index contributed by atoms with van der Waals surface area (Å²) in [5, 5.41) is 2.88. The Balaban J connectivity index is 1.57. The molecule has 2 aromatic rings. The van der Waals surface area contributed by atoms with Crippen molar-refractivity contribution in [3.05, 3.63) is 59.7 Å². The Kier molecular flexibility index (Phi) is 5.56. The van der Waals surface area contributed by atoms with Gasteiger partial charge in [-0.15, -0.1) is 0 Å². The van der Waals surface area contributed by atoms with Crippen LogP contribution in [0.5, 0.6) is 5.75 Å². The number of ether oxygens (including phenoxy) is 1. The zero-order valence-electron chi connectivity index (χ0n) is 15.2. The minimum Gasteiger partial charge on any atom is -0.494 e. The van der Waals surface area contributed by atoms with Gasteiger partial charge in [0.15, 0.2) is 0 Å². The number of rotatable bonds is 7. The van der Waals surface area contributed by atoms with Crippen LogP contribution in [-0.4, -0.2) is 30.4 Å². The minimum absolute atomic E-state index is 0.0565. The lowest BCUT2D eigenvalue weighted by Crippen LogP contribution is -2.26. The monoisotopic (exact) mass is 352 g/mol. The molecule has 5 heteroatoms. The predicted molar refractivity (Wildman–Crippen MR) is 101 cm³/mol. The minimum atomic E-state index is -0.0565. The van der Waals surface area contributed by atoms with E-state index < -0.39 is 0 Å². The van der Waals surface area contributed by atoms with E-state index in [1.54, 1.807) is 36.2 Å². The van der Waals surface area contributed by atoms with E-state index in [2.05, 4.69) is 5.32 Å². The second-order valence-electron chi connectivity index (χ2n) is 6.58. The van der Waals surface area contributed by atoms with Gasteiger partial charge in [-0.05, 0) is 61.7 Å². The maximum atomic E-state index is 12.6. The van der Waals surface area contributed by atoms with Crippen molar-refractivity contribution in [2.45, 2.75) is 26.3 Å². The third kappa shape index (κ3) is 4.63. The van der Waals surface area contributed by atoms with Crippen molar-refractivity contribution in [1.82, 2.24) is 4.90 Å². The Morgan fingerprint density at radius 1 is 1.08 bits per heavy atom. The van der Waals surface area contributed by atoms with Crippen LogP contribution in [0.2, 0.25) is 0 Å². The first kappa shape index (κ1) is 18.0. The molecule has 0 saturated heterocycles. The summed E-state index contributed by atoms with van der Waals surface area (Å²) in [6.07, 6.45) is 1.94. The van der Waals surface area contributed by atoms with Crippen LogP contribution in [0.15, 0.2) is 48.5 Å². The molecule has 1 aliphatic carbocycles. The molecule has 0 heterocycles. The highest BCUT2D eigenvalue weighted by Gasteiger charge is 2.29. The first-order chi connectivity index (χ1) is 12.6. The standard InChI is InChI=1S/C21H24N2O3/c1-3-26-19-12-4-15(5-13-19)14-23(2)21(25)17-8-10-18(11-9-17)22-20(24)16-6-7-16/h4-5,8-13,16H,3,6-7,14H2,1-2H3,(H,22,24). The lowest BCUT2D eigenvalue weighted by atomic mass is 10.1. The molecule has 5 nitrogen and oxygen atoms in total. The third-order valence-corrected chi connectivity index (χ3v) is 4.35. The lowest BCUT2D eigenvalue weighted by molar-refractivity contribution is -0.117. The van der Waals surface area contributed by atoms with Gasteiger partial charge in [-0.3, -0.25) is 9.59 Å². The number of benzene rings is 2. The third-order valence-electron chi connectivity index (χ3n) is 4.35. The molecule has 1 fully saturated rings. The van der Waals surface area contributed by atoms with Crippen LogP contribution in [0.25, 0.3) is 0 Å². The van der Waals surface area contributed by atoms with E-state index in [4.69, 9.17) is 4.74 Å². The number of carbonyl (C=O) groups excluding carboxylic acids is 2. The summed E-state index contributed by atoms with van der Waals surface area (Å²) in [6.45, 7) is 3.10. The molecule has 0 aromatic heterocycles. The predicted octanol–water partition coefficient (Wildman–Crippen LogP) is 3.71. The van der Waals surface area contributed by atoms with Gasteiger partial charge >= 0.3 is 0 Å². The summed E-state index contributed by atoms with van der Waals surface area (Å²) in [7, 11) is 1.78.